The van der Waals surface area contributed by atoms with Crippen LogP contribution in [0.3, 0.4) is 0 Å². The molecule has 1 aliphatic heterocycles. The molecule has 1 saturated heterocycles. The summed E-state index contributed by atoms with van der Waals surface area (Å²) in [6.45, 7) is 5.58. The molecule has 1 amide bonds. The Morgan fingerprint density at radius 2 is 2.19 bits per heavy atom. The van der Waals surface area contributed by atoms with Crippen molar-refractivity contribution >= 4 is 5.91 Å². The van der Waals surface area contributed by atoms with Crippen LogP contribution in [-0.4, -0.2) is 44.9 Å². The third kappa shape index (κ3) is 2.59. The number of hydrogen-bond acceptors (Lipinski definition) is 3. The van der Waals surface area contributed by atoms with Crippen LogP contribution in [0.4, 0.5) is 0 Å². The lowest BCUT2D eigenvalue weighted by Crippen LogP contribution is -2.49. The largest absolute Gasteiger partial charge is 0.392 e. The zero-order chi connectivity index (χ0) is 15.0. The number of carbonyl (C=O) groups is 1. The highest BCUT2D eigenvalue weighted by atomic mass is 16.3. The Morgan fingerprint density at radius 3 is 2.81 bits per heavy atom. The van der Waals surface area contributed by atoms with Crippen LogP contribution in [0.25, 0.3) is 0 Å². The monoisotopic (exact) mass is 291 g/mol. The summed E-state index contributed by atoms with van der Waals surface area (Å²) in [4.78, 5) is 14.6. The van der Waals surface area contributed by atoms with E-state index < -0.39 is 0 Å². The van der Waals surface area contributed by atoms with Crippen LogP contribution in [0.5, 0.6) is 0 Å². The number of likely N-dealkylation sites (tertiary alicyclic amines) is 1. The van der Waals surface area contributed by atoms with Crippen LogP contribution in [0, 0.1) is 5.41 Å². The summed E-state index contributed by atoms with van der Waals surface area (Å²) in [5.74, 6) is 0.0556. The number of aliphatic hydroxyl groups excluding tert-OH is 1. The van der Waals surface area contributed by atoms with Crippen molar-refractivity contribution in [3.8, 4) is 0 Å². The molecule has 2 heterocycles. The first kappa shape index (κ1) is 14.6. The van der Waals surface area contributed by atoms with Crippen LogP contribution < -0.4 is 0 Å². The summed E-state index contributed by atoms with van der Waals surface area (Å²) in [6.07, 6.45) is 8.29. The minimum atomic E-state index is -0.244. The van der Waals surface area contributed by atoms with Crippen molar-refractivity contribution in [2.45, 2.75) is 58.1 Å². The van der Waals surface area contributed by atoms with Crippen molar-refractivity contribution in [2.75, 3.05) is 13.1 Å². The van der Waals surface area contributed by atoms with Crippen molar-refractivity contribution < 1.29 is 9.90 Å². The Morgan fingerprint density at radius 1 is 1.43 bits per heavy atom. The number of aliphatic hydroxyl groups is 1. The molecular formula is C16H25N3O2. The normalized spacial score (nSPS) is 29.5. The highest BCUT2D eigenvalue weighted by Crippen LogP contribution is 2.45. The van der Waals surface area contributed by atoms with Gasteiger partial charge >= 0.3 is 0 Å². The molecule has 3 rings (SSSR count). The van der Waals surface area contributed by atoms with Gasteiger partial charge in [-0.05, 0) is 39.5 Å². The third-order valence-electron chi connectivity index (χ3n) is 5.13. The predicted octanol–water partition coefficient (Wildman–Crippen LogP) is 2.23. The maximum Gasteiger partial charge on any atom is 0.257 e. The van der Waals surface area contributed by atoms with E-state index in [1.807, 2.05) is 29.6 Å². The van der Waals surface area contributed by atoms with Crippen molar-refractivity contribution in [1.29, 1.82) is 0 Å². The second-order valence-corrected chi connectivity index (χ2v) is 6.90. The summed E-state index contributed by atoms with van der Waals surface area (Å²) in [5, 5.41) is 14.6. The van der Waals surface area contributed by atoms with Crippen molar-refractivity contribution in [3.63, 3.8) is 0 Å². The molecule has 0 bridgehead atoms. The molecule has 1 aliphatic carbocycles. The number of amides is 1. The molecule has 0 unspecified atom stereocenters. The average molecular weight is 291 g/mol. The molecule has 1 spiro atoms. The summed E-state index contributed by atoms with van der Waals surface area (Å²) < 4.78 is 1.82. The van der Waals surface area contributed by atoms with Crippen LogP contribution in [0.1, 0.15) is 62.4 Å². The molecule has 21 heavy (non-hydrogen) atoms. The topological polar surface area (TPSA) is 58.4 Å². The maximum atomic E-state index is 12.7. The number of aromatic nitrogens is 2. The molecular weight excluding hydrogens is 266 g/mol. The van der Waals surface area contributed by atoms with Gasteiger partial charge in [-0.25, -0.2) is 0 Å². The van der Waals surface area contributed by atoms with Gasteiger partial charge in [-0.2, -0.15) is 5.10 Å². The summed E-state index contributed by atoms with van der Waals surface area (Å²) in [7, 11) is 0. The highest BCUT2D eigenvalue weighted by Gasteiger charge is 2.45. The molecule has 0 radical (unpaired) electrons. The van der Waals surface area contributed by atoms with Gasteiger partial charge in [0.15, 0.2) is 0 Å². The fraction of sp³-hybridized carbons (Fsp3) is 0.750. The molecule has 1 aromatic heterocycles. The first-order valence-electron chi connectivity index (χ1n) is 8.03. The van der Waals surface area contributed by atoms with Crippen LogP contribution in [0.2, 0.25) is 0 Å². The molecule has 2 fully saturated rings. The van der Waals surface area contributed by atoms with E-state index in [0.717, 1.165) is 38.6 Å². The molecule has 5 heteroatoms. The minimum absolute atomic E-state index is 0.0536. The van der Waals surface area contributed by atoms with Crippen LogP contribution >= 0.6 is 0 Å². The van der Waals surface area contributed by atoms with Crippen molar-refractivity contribution in [3.05, 3.63) is 18.0 Å². The molecule has 1 saturated carbocycles. The zero-order valence-corrected chi connectivity index (χ0v) is 13.0. The van der Waals surface area contributed by atoms with E-state index >= 15 is 0 Å². The minimum Gasteiger partial charge on any atom is -0.392 e. The van der Waals surface area contributed by atoms with Crippen LogP contribution in [-0.2, 0) is 0 Å². The lowest BCUT2D eigenvalue weighted by molar-refractivity contribution is -0.00536. The van der Waals surface area contributed by atoms with Crippen molar-refractivity contribution in [2.24, 2.45) is 5.41 Å². The standard InChI is InChI=1S/C16H25N3O2/c1-12(2)19-10-13(9-17-19)15(21)18-8-4-7-16(11-18)6-3-5-14(16)20/h9-10,12,14,20H,3-8,11H2,1-2H3/t14-,16+/m1/s1. The molecule has 0 aromatic carbocycles. The Kier molecular flexibility index (Phi) is 3.78. The van der Waals surface area contributed by atoms with Crippen molar-refractivity contribution in [1.82, 2.24) is 14.7 Å². The van der Waals surface area contributed by atoms with E-state index in [4.69, 9.17) is 0 Å². The molecule has 116 valence electrons. The Balaban J connectivity index is 1.75. The van der Waals surface area contributed by atoms with Gasteiger partial charge in [-0.15, -0.1) is 0 Å². The van der Waals surface area contributed by atoms with E-state index in [0.29, 0.717) is 12.1 Å². The maximum absolute atomic E-state index is 12.7. The third-order valence-corrected chi connectivity index (χ3v) is 5.13. The molecule has 1 N–H and O–H groups in total. The van der Waals surface area contributed by atoms with E-state index in [1.165, 1.54) is 0 Å². The summed E-state index contributed by atoms with van der Waals surface area (Å²) in [5.41, 5.74) is 0.607. The Labute approximate surface area is 125 Å². The second-order valence-electron chi connectivity index (χ2n) is 6.90. The average Bonchev–Trinajstić information content (AvgIpc) is 3.07. The van der Waals surface area contributed by atoms with E-state index in [1.54, 1.807) is 6.20 Å². The predicted molar refractivity (Wildman–Crippen MR) is 80.0 cm³/mol. The smallest absolute Gasteiger partial charge is 0.257 e. The van der Waals surface area contributed by atoms with Gasteiger partial charge in [-0.1, -0.05) is 6.42 Å². The van der Waals surface area contributed by atoms with Gasteiger partial charge in [0.1, 0.15) is 0 Å². The zero-order valence-electron chi connectivity index (χ0n) is 13.0. The van der Waals surface area contributed by atoms with E-state index in [-0.39, 0.29) is 23.5 Å². The Hall–Kier alpha value is -1.36. The quantitative estimate of drug-likeness (QED) is 0.909. The fourth-order valence-electron chi connectivity index (χ4n) is 3.84. The van der Waals surface area contributed by atoms with Gasteiger partial charge in [0.25, 0.3) is 5.91 Å². The van der Waals surface area contributed by atoms with Crippen LogP contribution in [0.15, 0.2) is 12.4 Å². The molecule has 2 aliphatic rings. The number of nitrogens with zero attached hydrogens (tertiary/aromatic N) is 3. The second kappa shape index (κ2) is 5.44. The summed E-state index contributed by atoms with van der Waals surface area (Å²) >= 11 is 0. The molecule has 2 atom stereocenters. The first-order valence-corrected chi connectivity index (χ1v) is 8.03. The number of piperidine rings is 1. The van der Waals surface area contributed by atoms with Gasteiger partial charge < -0.3 is 10.0 Å². The highest BCUT2D eigenvalue weighted by molar-refractivity contribution is 5.93. The lowest BCUT2D eigenvalue weighted by atomic mass is 9.76. The van der Waals surface area contributed by atoms with Gasteiger partial charge in [0.05, 0.1) is 17.9 Å². The SMILES string of the molecule is CC(C)n1cc(C(=O)N2CCC[C@@]3(CCC[C@H]3O)C2)cn1. The molecule has 5 nitrogen and oxygen atoms in total. The number of hydrogen-bond donors (Lipinski definition) is 1. The number of carbonyl (C=O) groups excluding carboxylic acids is 1. The lowest BCUT2D eigenvalue weighted by Gasteiger charge is -2.42. The van der Waals surface area contributed by atoms with Gasteiger partial charge in [0, 0.05) is 30.7 Å². The van der Waals surface area contributed by atoms with Gasteiger partial charge in [-0.3, -0.25) is 9.48 Å². The first-order chi connectivity index (χ1) is 10.0. The van der Waals surface area contributed by atoms with Gasteiger partial charge in [0.2, 0.25) is 0 Å². The summed E-state index contributed by atoms with van der Waals surface area (Å²) in [6, 6.07) is 0.260. The Bertz CT molecular complexity index is 525. The van der Waals surface area contributed by atoms with E-state index in [2.05, 4.69) is 5.10 Å². The van der Waals surface area contributed by atoms with E-state index in [9.17, 15) is 9.90 Å². The number of rotatable bonds is 2. The fourth-order valence-corrected chi connectivity index (χ4v) is 3.84. The molecule has 1 aromatic rings.